The fourth-order valence-electron chi connectivity index (χ4n) is 3.50. The first-order valence-corrected chi connectivity index (χ1v) is 8.63. The van der Waals surface area contributed by atoms with Gasteiger partial charge < -0.3 is 4.90 Å². The number of hydrogen-bond acceptors (Lipinski definition) is 5. The molecule has 0 radical (unpaired) electrons. The van der Waals surface area contributed by atoms with Crippen LogP contribution in [0.25, 0.3) is 0 Å². The van der Waals surface area contributed by atoms with Crippen molar-refractivity contribution in [2.45, 2.75) is 33.4 Å². The number of amides is 1. The number of carbonyl (C=O) groups excluding carboxylic acids is 1. The third-order valence-corrected chi connectivity index (χ3v) is 4.74. The fourth-order valence-corrected chi connectivity index (χ4v) is 3.50. The average Bonchev–Trinajstić information content (AvgIpc) is 3.17. The van der Waals surface area contributed by atoms with Crippen LogP contribution in [-0.4, -0.2) is 53.9 Å². The third kappa shape index (κ3) is 2.98. The molecule has 26 heavy (non-hydrogen) atoms. The number of benzene rings is 1. The van der Waals surface area contributed by atoms with Crippen molar-refractivity contribution in [2.75, 3.05) is 13.1 Å². The van der Waals surface area contributed by atoms with E-state index in [1.165, 1.54) is 5.56 Å². The van der Waals surface area contributed by atoms with Gasteiger partial charge in [0, 0.05) is 18.7 Å². The zero-order valence-corrected chi connectivity index (χ0v) is 15.1. The molecule has 0 bridgehead atoms. The molecule has 0 unspecified atom stereocenters. The highest BCUT2D eigenvalue weighted by Crippen LogP contribution is 2.26. The zero-order valence-electron chi connectivity index (χ0n) is 15.1. The minimum absolute atomic E-state index is 0.0947. The van der Waals surface area contributed by atoms with Gasteiger partial charge in [-0.3, -0.25) is 4.79 Å². The summed E-state index contributed by atoms with van der Waals surface area (Å²) in [7, 11) is 0. The SMILES string of the molecule is Cc1cc(C)c(C(=O)N2CC(n3cc(Cn4nccn4)nn3)C2)c(C)c1. The van der Waals surface area contributed by atoms with Crippen molar-refractivity contribution in [3.8, 4) is 0 Å². The quantitative estimate of drug-likeness (QED) is 0.712. The summed E-state index contributed by atoms with van der Waals surface area (Å²) in [5.41, 5.74) is 4.87. The highest BCUT2D eigenvalue weighted by molar-refractivity contribution is 5.97. The average molecular weight is 351 g/mol. The van der Waals surface area contributed by atoms with Crippen LogP contribution in [0.4, 0.5) is 0 Å². The predicted octanol–water partition coefficient (Wildman–Crippen LogP) is 1.54. The summed E-state index contributed by atoms with van der Waals surface area (Å²) in [6.07, 6.45) is 5.17. The molecule has 0 atom stereocenters. The zero-order chi connectivity index (χ0) is 18.3. The van der Waals surface area contributed by atoms with E-state index in [9.17, 15) is 4.79 Å². The smallest absolute Gasteiger partial charge is 0.254 e. The topological polar surface area (TPSA) is 81.7 Å². The monoisotopic (exact) mass is 351 g/mol. The normalized spacial score (nSPS) is 14.5. The van der Waals surface area contributed by atoms with Crippen LogP contribution in [0.5, 0.6) is 0 Å². The van der Waals surface area contributed by atoms with Gasteiger partial charge in [0.05, 0.1) is 24.6 Å². The molecule has 2 aromatic heterocycles. The predicted molar refractivity (Wildman–Crippen MR) is 94.7 cm³/mol. The number of nitrogens with zero attached hydrogens (tertiary/aromatic N) is 7. The van der Waals surface area contributed by atoms with Gasteiger partial charge in [0.25, 0.3) is 5.91 Å². The van der Waals surface area contributed by atoms with Crippen LogP contribution in [-0.2, 0) is 6.54 Å². The van der Waals surface area contributed by atoms with Gasteiger partial charge in [-0.1, -0.05) is 22.9 Å². The van der Waals surface area contributed by atoms with Crippen molar-refractivity contribution in [3.05, 3.63) is 58.7 Å². The van der Waals surface area contributed by atoms with E-state index >= 15 is 0 Å². The van der Waals surface area contributed by atoms with Gasteiger partial charge in [0.15, 0.2) is 0 Å². The molecule has 0 spiro atoms. The van der Waals surface area contributed by atoms with Crippen molar-refractivity contribution < 1.29 is 4.79 Å². The molecule has 1 aromatic carbocycles. The highest BCUT2D eigenvalue weighted by atomic mass is 16.2. The first-order chi connectivity index (χ1) is 12.5. The highest BCUT2D eigenvalue weighted by Gasteiger charge is 2.34. The van der Waals surface area contributed by atoms with Crippen LogP contribution < -0.4 is 0 Å². The van der Waals surface area contributed by atoms with Gasteiger partial charge in [-0.2, -0.15) is 15.0 Å². The molecule has 1 amide bonds. The van der Waals surface area contributed by atoms with Gasteiger partial charge in [0.1, 0.15) is 12.2 Å². The van der Waals surface area contributed by atoms with E-state index in [0.29, 0.717) is 19.6 Å². The van der Waals surface area contributed by atoms with Crippen LogP contribution in [0.15, 0.2) is 30.7 Å². The molecule has 3 heterocycles. The van der Waals surface area contributed by atoms with Gasteiger partial charge in [0.2, 0.25) is 0 Å². The van der Waals surface area contributed by atoms with E-state index in [4.69, 9.17) is 0 Å². The molecule has 134 valence electrons. The van der Waals surface area contributed by atoms with Crippen molar-refractivity contribution in [2.24, 2.45) is 0 Å². The van der Waals surface area contributed by atoms with Crippen LogP contribution in [0.2, 0.25) is 0 Å². The summed E-state index contributed by atoms with van der Waals surface area (Å²) in [6, 6.07) is 4.28. The Morgan fingerprint density at radius 2 is 1.77 bits per heavy atom. The Morgan fingerprint density at radius 3 is 2.42 bits per heavy atom. The number of aromatic nitrogens is 6. The Kier molecular flexibility index (Phi) is 4.02. The Bertz CT molecular complexity index is 915. The van der Waals surface area contributed by atoms with Crippen molar-refractivity contribution in [1.82, 2.24) is 34.9 Å². The third-order valence-electron chi connectivity index (χ3n) is 4.74. The van der Waals surface area contributed by atoms with Crippen LogP contribution in [0.3, 0.4) is 0 Å². The van der Waals surface area contributed by atoms with Gasteiger partial charge in [-0.05, 0) is 31.9 Å². The Morgan fingerprint density at radius 1 is 1.12 bits per heavy atom. The molecule has 8 nitrogen and oxygen atoms in total. The molecule has 3 aromatic rings. The van der Waals surface area contributed by atoms with Gasteiger partial charge in [-0.15, -0.1) is 5.10 Å². The van der Waals surface area contributed by atoms with Crippen LogP contribution in [0.1, 0.15) is 38.8 Å². The molecule has 1 aliphatic rings. The van der Waals surface area contributed by atoms with Gasteiger partial charge >= 0.3 is 0 Å². The summed E-state index contributed by atoms with van der Waals surface area (Å²) < 4.78 is 1.83. The summed E-state index contributed by atoms with van der Waals surface area (Å²) in [6.45, 7) is 7.83. The number of aryl methyl sites for hydroxylation is 3. The minimum atomic E-state index is 0.0947. The lowest BCUT2D eigenvalue weighted by Gasteiger charge is -2.39. The Labute approximate surface area is 151 Å². The second-order valence-electron chi connectivity index (χ2n) is 6.89. The first-order valence-electron chi connectivity index (χ1n) is 8.63. The molecular formula is C18H21N7O. The molecule has 1 aliphatic heterocycles. The van der Waals surface area contributed by atoms with Crippen molar-refractivity contribution in [3.63, 3.8) is 0 Å². The molecule has 0 saturated carbocycles. The first kappa shape index (κ1) is 16.4. The largest absolute Gasteiger partial charge is 0.334 e. The lowest BCUT2D eigenvalue weighted by atomic mass is 9.97. The lowest BCUT2D eigenvalue weighted by Crippen LogP contribution is -2.51. The summed E-state index contributed by atoms with van der Waals surface area (Å²) >= 11 is 0. The fraction of sp³-hybridized carbons (Fsp3) is 0.389. The number of hydrogen-bond donors (Lipinski definition) is 0. The molecule has 8 heteroatoms. The van der Waals surface area contributed by atoms with E-state index in [2.05, 4.69) is 39.6 Å². The lowest BCUT2D eigenvalue weighted by molar-refractivity contribution is 0.0497. The molecule has 4 rings (SSSR count). The summed E-state index contributed by atoms with van der Waals surface area (Å²) in [4.78, 5) is 16.3. The molecule has 1 saturated heterocycles. The maximum atomic E-state index is 12.8. The van der Waals surface area contributed by atoms with E-state index < -0.39 is 0 Å². The van der Waals surface area contributed by atoms with E-state index in [0.717, 1.165) is 22.4 Å². The summed E-state index contributed by atoms with van der Waals surface area (Å²) in [5.74, 6) is 0.0947. The van der Waals surface area contributed by atoms with Gasteiger partial charge in [-0.25, -0.2) is 4.68 Å². The maximum absolute atomic E-state index is 12.8. The second kappa shape index (κ2) is 6.36. The minimum Gasteiger partial charge on any atom is -0.334 e. The number of rotatable bonds is 4. The molecular weight excluding hydrogens is 330 g/mol. The van der Waals surface area contributed by atoms with Crippen molar-refractivity contribution >= 4 is 5.91 Å². The van der Waals surface area contributed by atoms with E-state index in [1.807, 2.05) is 29.6 Å². The van der Waals surface area contributed by atoms with Crippen molar-refractivity contribution in [1.29, 1.82) is 0 Å². The number of carbonyl (C=O) groups is 1. The molecule has 0 aliphatic carbocycles. The molecule has 0 N–H and O–H groups in total. The Balaban J connectivity index is 1.41. The maximum Gasteiger partial charge on any atom is 0.254 e. The van der Waals surface area contributed by atoms with E-state index in [1.54, 1.807) is 17.2 Å². The summed E-state index contributed by atoms with van der Waals surface area (Å²) in [5, 5.41) is 16.5. The van der Waals surface area contributed by atoms with Crippen LogP contribution in [0, 0.1) is 20.8 Å². The standard InChI is InChI=1S/C18H21N7O/c1-12-6-13(2)17(14(3)7-12)18(26)23-10-16(11-23)24-8-15(21-22-24)9-25-19-4-5-20-25/h4-8,16H,9-11H2,1-3H3. The Hall–Kier alpha value is -3.03. The second-order valence-corrected chi connectivity index (χ2v) is 6.89. The number of likely N-dealkylation sites (tertiary alicyclic amines) is 1. The molecule has 1 fully saturated rings. The van der Waals surface area contributed by atoms with E-state index in [-0.39, 0.29) is 11.9 Å². The van der Waals surface area contributed by atoms with Crippen LogP contribution >= 0.6 is 0 Å².